The molecule has 0 radical (unpaired) electrons. The number of hydrogen-bond acceptors (Lipinski definition) is 8. The molecule has 2 N–H and O–H groups in total. The van der Waals surface area contributed by atoms with Crippen molar-refractivity contribution in [3.63, 3.8) is 0 Å². The summed E-state index contributed by atoms with van der Waals surface area (Å²) in [4.78, 5) is -1.83. The van der Waals surface area contributed by atoms with E-state index in [9.17, 15) is 10.2 Å². The van der Waals surface area contributed by atoms with Gasteiger partial charge in [0.25, 0.3) is 0 Å². The van der Waals surface area contributed by atoms with Crippen molar-refractivity contribution in [2.45, 2.75) is 81.5 Å². The summed E-state index contributed by atoms with van der Waals surface area (Å²) in [7, 11) is 0. The van der Waals surface area contributed by atoms with Crippen LogP contribution < -0.4 is 4.74 Å². The molecule has 1 aliphatic heterocycles. The van der Waals surface area contributed by atoms with Crippen LogP contribution in [0, 0.1) is 13.8 Å². The molecule has 64 heavy (non-hydrogen) atoms. The first-order valence-corrected chi connectivity index (χ1v) is 22.8. The van der Waals surface area contributed by atoms with Crippen LogP contribution >= 0.6 is 11.8 Å². The van der Waals surface area contributed by atoms with Gasteiger partial charge in [0, 0.05) is 5.56 Å². The summed E-state index contributed by atoms with van der Waals surface area (Å²) in [5.41, 5.74) is 8.66. The monoisotopic (exact) mass is 872 g/mol. The first-order chi connectivity index (χ1) is 31.3. The molecule has 1 heterocycles. The van der Waals surface area contributed by atoms with Gasteiger partial charge in [0.15, 0.2) is 4.93 Å². The summed E-state index contributed by atoms with van der Waals surface area (Å²) in [6.45, 7) is 5.57. The standard InChI is InChI=1S/C56H56O7S/c1-40-28-30-47(31-29-40)52(57)48-33-49(50(32-41(48)2)60-35-43-20-10-4-11-21-43)56(58)55(63-38-46-26-16-7-17-27-46)54(62-37-45-24-14-6-15-25-45)53(61-36-44-22-12-5-13-23-44)51(64-56)39-59-34-42-18-8-3-9-19-42/h3-33,51-55,57-58H,34-39H2,1-2H3/t51-,52?,53-,54+,55-,56?/m1/s1. The Hall–Kier alpha value is -5.55. The van der Waals surface area contributed by atoms with Crippen molar-refractivity contribution in [1.82, 2.24) is 0 Å². The summed E-state index contributed by atoms with van der Waals surface area (Å²) in [5, 5.41) is 25.7. The molecular weight excluding hydrogens is 817 g/mol. The quantitative estimate of drug-likeness (QED) is 0.0831. The maximum atomic E-state index is 14.0. The van der Waals surface area contributed by atoms with Gasteiger partial charge in [-0.2, -0.15) is 0 Å². The lowest BCUT2D eigenvalue weighted by atomic mass is 9.88. The maximum Gasteiger partial charge on any atom is 0.168 e. The third-order valence-electron chi connectivity index (χ3n) is 11.6. The fourth-order valence-electron chi connectivity index (χ4n) is 8.13. The van der Waals surface area contributed by atoms with Gasteiger partial charge >= 0.3 is 0 Å². The van der Waals surface area contributed by atoms with Gasteiger partial charge in [-0.05, 0) is 70.5 Å². The molecule has 0 amide bonds. The Morgan fingerprint density at radius 2 is 0.984 bits per heavy atom. The third kappa shape index (κ3) is 11.4. The maximum absolute atomic E-state index is 14.0. The number of rotatable bonds is 19. The van der Waals surface area contributed by atoms with Gasteiger partial charge in [0.05, 0.1) is 38.3 Å². The van der Waals surface area contributed by atoms with E-state index in [0.717, 1.165) is 44.5 Å². The highest BCUT2D eigenvalue weighted by Crippen LogP contribution is 2.53. The van der Waals surface area contributed by atoms with Crippen molar-refractivity contribution < 1.29 is 33.9 Å². The molecule has 0 aliphatic carbocycles. The second kappa shape index (κ2) is 21.9. The van der Waals surface area contributed by atoms with Gasteiger partial charge in [-0.3, -0.25) is 0 Å². The summed E-state index contributed by atoms with van der Waals surface area (Å²) >= 11 is 1.33. The van der Waals surface area contributed by atoms with E-state index in [2.05, 4.69) is 0 Å². The Labute approximate surface area is 381 Å². The first kappa shape index (κ1) is 45.0. The SMILES string of the molecule is Cc1ccc(C(O)c2cc(C3(O)S[C@H](COCc4ccccc4)[C@@H](OCc4ccccc4)[C@H](OCc4ccccc4)[C@H]3OCc3ccccc3)c(OCc3ccccc3)cc2C)cc1. The molecule has 8 heteroatoms. The minimum atomic E-state index is -1.83. The number of ether oxygens (including phenoxy) is 5. The van der Waals surface area contributed by atoms with Crippen molar-refractivity contribution in [3.8, 4) is 5.75 Å². The van der Waals surface area contributed by atoms with Crippen molar-refractivity contribution in [1.29, 1.82) is 0 Å². The van der Waals surface area contributed by atoms with E-state index in [4.69, 9.17) is 23.7 Å². The molecule has 7 nitrogen and oxygen atoms in total. The molecule has 1 fully saturated rings. The number of benzene rings is 7. The van der Waals surface area contributed by atoms with E-state index in [1.807, 2.05) is 202 Å². The lowest BCUT2D eigenvalue weighted by Crippen LogP contribution is -2.61. The summed E-state index contributed by atoms with van der Waals surface area (Å²) in [5.74, 6) is 0.471. The Kier molecular flexibility index (Phi) is 15.4. The molecule has 1 aliphatic rings. The highest BCUT2D eigenvalue weighted by atomic mass is 32.2. The van der Waals surface area contributed by atoms with E-state index in [1.54, 1.807) is 0 Å². The Balaban J connectivity index is 1.27. The topological polar surface area (TPSA) is 86.6 Å². The van der Waals surface area contributed by atoms with Crippen molar-refractivity contribution in [2.24, 2.45) is 0 Å². The van der Waals surface area contributed by atoms with E-state index in [0.29, 0.717) is 30.1 Å². The summed E-state index contributed by atoms with van der Waals surface area (Å²) in [6, 6.07) is 61.7. The zero-order chi connectivity index (χ0) is 44.1. The fourth-order valence-corrected chi connectivity index (χ4v) is 9.74. The average molecular weight is 873 g/mol. The lowest BCUT2D eigenvalue weighted by molar-refractivity contribution is -0.199. The van der Waals surface area contributed by atoms with Crippen LogP contribution in [0.3, 0.4) is 0 Å². The molecule has 2 unspecified atom stereocenters. The second-order valence-corrected chi connectivity index (χ2v) is 17.8. The predicted octanol–water partition coefficient (Wildman–Crippen LogP) is 11.2. The number of aliphatic hydroxyl groups is 2. The molecule has 0 spiro atoms. The van der Waals surface area contributed by atoms with Crippen LogP contribution in [0.15, 0.2) is 188 Å². The van der Waals surface area contributed by atoms with Gasteiger partial charge in [0.1, 0.15) is 36.8 Å². The van der Waals surface area contributed by atoms with Crippen LogP contribution in [0.4, 0.5) is 0 Å². The molecule has 8 rings (SSSR count). The van der Waals surface area contributed by atoms with E-state index in [-0.39, 0.29) is 26.4 Å². The largest absolute Gasteiger partial charge is 0.488 e. The van der Waals surface area contributed by atoms with Crippen LogP contribution in [-0.2, 0) is 56.9 Å². The van der Waals surface area contributed by atoms with Crippen molar-refractivity contribution in [3.05, 3.63) is 244 Å². The molecule has 328 valence electrons. The molecule has 0 aromatic heterocycles. The number of aryl methyl sites for hydroxylation is 2. The van der Waals surface area contributed by atoms with Crippen LogP contribution in [0.1, 0.15) is 61.7 Å². The summed E-state index contributed by atoms with van der Waals surface area (Å²) in [6.07, 6.45) is -3.43. The number of thioether (sulfide) groups is 1. The Bertz CT molecular complexity index is 2470. The lowest BCUT2D eigenvalue weighted by Gasteiger charge is -2.50. The number of hydrogen-bond donors (Lipinski definition) is 2. The Morgan fingerprint density at radius 1 is 0.531 bits per heavy atom. The van der Waals surface area contributed by atoms with Gasteiger partial charge in [0.2, 0.25) is 0 Å². The first-order valence-electron chi connectivity index (χ1n) is 21.9. The zero-order valence-electron chi connectivity index (χ0n) is 36.4. The van der Waals surface area contributed by atoms with Crippen LogP contribution in [0.25, 0.3) is 0 Å². The van der Waals surface area contributed by atoms with Gasteiger partial charge in [-0.15, -0.1) is 11.8 Å². The molecule has 0 saturated carbocycles. The van der Waals surface area contributed by atoms with Crippen LogP contribution in [-0.4, -0.2) is 40.4 Å². The normalized spacial score (nSPS) is 20.1. The van der Waals surface area contributed by atoms with Gasteiger partial charge in [-0.25, -0.2) is 0 Å². The van der Waals surface area contributed by atoms with Crippen molar-refractivity contribution >= 4 is 11.8 Å². The molecule has 7 aromatic carbocycles. The average Bonchev–Trinajstić information content (AvgIpc) is 3.33. The highest BCUT2D eigenvalue weighted by molar-refractivity contribution is 8.00. The van der Waals surface area contributed by atoms with Crippen LogP contribution in [0.2, 0.25) is 0 Å². The number of aliphatic hydroxyl groups excluding tert-OH is 1. The van der Waals surface area contributed by atoms with Crippen molar-refractivity contribution in [2.75, 3.05) is 6.61 Å². The predicted molar refractivity (Wildman–Crippen MR) is 254 cm³/mol. The van der Waals surface area contributed by atoms with Gasteiger partial charge in [-0.1, -0.05) is 181 Å². The molecule has 7 aromatic rings. The van der Waals surface area contributed by atoms with Crippen LogP contribution in [0.5, 0.6) is 5.75 Å². The van der Waals surface area contributed by atoms with E-state index >= 15 is 0 Å². The zero-order valence-corrected chi connectivity index (χ0v) is 37.2. The smallest absolute Gasteiger partial charge is 0.168 e. The minimum Gasteiger partial charge on any atom is -0.488 e. The van der Waals surface area contributed by atoms with Gasteiger partial charge < -0.3 is 33.9 Å². The highest BCUT2D eigenvalue weighted by Gasteiger charge is 2.58. The fraction of sp³-hybridized carbons (Fsp3) is 0.250. The molecule has 6 atom stereocenters. The minimum absolute atomic E-state index is 0.186. The van der Waals surface area contributed by atoms with E-state index < -0.39 is 34.6 Å². The molecule has 0 bridgehead atoms. The summed E-state index contributed by atoms with van der Waals surface area (Å²) < 4.78 is 34.4. The molecule has 1 saturated heterocycles. The van der Waals surface area contributed by atoms with E-state index in [1.165, 1.54) is 11.8 Å². The second-order valence-electron chi connectivity index (χ2n) is 16.4. The Morgan fingerprint density at radius 3 is 1.50 bits per heavy atom. The third-order valence-corrected chi connectivity index (χ3v) is 13.1. The molecular formula is C56H56O7S.